The first-order valence-electron chi connectivity index (χ1n) is 8.57. The van der Waals surface area contributed by atoms with Crippen molar-refractivity contribution in [2.75, 3.05) is 11.9 Å². The maximum Gasteiger partial charge on any atom is 0.224 e. The van der Waals surface area contributed by atoms with Gasteiger partial charge in [-0.15, -0.1) is 0 Å². The number of ether oxygens (including phenoxy) is 1. The van der Waals surface area contributed by atoms with Gasteiger partial charge in [-0.3, -0.25) is 4.79 Å². The van der Waals surface area contributed by atoms with Crippen LogP contribution in [-0.4, -0.2) is 18.5 Å². The lowest BCUT2D eigenvalue weighted by molar-refractivity contribution is -0.116. The van der Waals surface area contributed by atoms with Crippen molar-refractivity contribution in [1.29, 1.82) is 0 Å². The van der Waals surface area contributed by atoms with Crippen LogP contribution < -0.4 is 15.4 Å². The Kier molecular flexibility index (Phi) is 5.49. The molecule has 0 saturated carbocycles. The third kappa shape index (κ3) is 4.59. The zero-order chi connectivity index (χ0) is 16.8. The van der Waals surface area contributed by atoms with E-state index in [0.717, 1.165) is 24.3 Å². The molecule has 3 rings (SSSR count). The summed E-state index contributed by atoms with van der Waals surface area (Å²) in [6.07, 6.45) is 3.78. The normalized spacial score (nSPS) is 16.8. The molecule has 0 aliphatic carbocycles. The number of aryl methyl sites for hydroxylation is 1. The number of amides is 1. The Bertz CT molecular complexity index is 694. The van der Waals surface area contributed by atoms with E-state index in [9.17, 15) is 4.79 Å². The van der Waals surface area contributed by atoms with Crippen LogP contribution in [0, 0.1) is 6.92 Å². The molecule has 0 aromatic heterocycles. The average molecular weight is 324 g/mol. The highest BCUT2D eigenvalue weighted by molar-refractivity contribution is 5.92. The third-order valence-corrected chi connectivity index (χ3v) is 4.26. The Balaban J connectivity index is 1.61. The SMILES string of the molecule is Cc1cccc(Oc2ccccc2NC(=O)CCC2CCCN2)c1. The van der Waals surface area contributed by atoms with Gasteiger partial charge in [-0.2, -0.15) is 0 Å². The zero-order valence-electron chi connectivity index (χ0n) is 14.0. The zero-order valence-corrected chi connectivity index (χ0v) is 14.0. The molecule has 1 fully saturated rings. The van der Waals surface area contributed by atoms with Crippen LogP contribution in [0.4, 0.5) is 5.69 Å². The lowest BCUT2D eigenvalue weighted by atomic mass is 10.1. The van der Waals surface area contributed by atoms with Crippen molar-refractivity contribution in [2.45, 2.75) is 38.6 Å². The molecule has 1 amide bonds. The fraction of sp³-hybridized carbons (Fsp3) is 0.350. The first-order valence-corrected chi connectivity index (χ1v) is 8.57. The minimum Gasteiger partial charge on any atom is -0.455 e. The standard InChI is InChI=1S/C20H24N2O2/c1-15-6-4-8-17(14-15)24-19-10-3-2-9-18(19)22-20(23)12-11-16-7-5-13-21-16/h2-4,6,8-10,14,16,21H,5,7,11-13H2,1H3,(H,22,23). The van der Waals surface area contributed by atoms with Gasteiger partial charge in [0.15, 0.2) is 5.75 Å². The Hall–Kier alpha value is -2.33. The topological polar surface area (TPSA) is 50.4 Å². The Labute approximate surface area is 143 Å². The summed E-state index contributed by atoms with van der Waals surface area (Å²) < 4.78 is 5.94. The molecule has 24 heavy (non-hydrogen) atoms. The summed E-state index contributed by atoms with van der Waals surface area (Å²) in [4.78, 5) is 12.2. The number of nitrogens with one attached hydrogen (secondary N) is 2. The van der Waals surface area contributed by atoms with Gasteiger partial charge in [0, 0.05) is 12.5 Å². The number of anilines is 1. The minimum atomic E-state index is 0.0315. The number of para-hydroxylation sites is 2. The molecule has 0 bridgehead atoms. The minimum absolute atomic E-state index is 0.0315. The predicted octanol–water partition coefficient (Wildman–Crippen LogP) is 4.26. The lowest BCUT2D eigenvalue weighted by Gasteiger charge is -2.13. The van der Waals surface area contributed by atoms with E-state index in [4.69, 9.17) is 4.74 Å². The van der Waals surface area contributed by atoms with Crippen LogP contribution in [0.5, 0.6) is 11.5 Å². The van der Waals surface area contributed by atoms with Gasteiger partial charge in [-0.05, 0) is 62.6 Å². The van der Waals surface area contributed by atoms with Crippen molar-refractivity contribution in [2.24, 2.45) is 0 Å². The van der Waals surface area contributed by atoms with Gasteiger partial charge in [0.2, 0.25) is 5.91 Å². The number of carbonyl (C=O) groups is 1. The Morgan fingerprint density at radius 3 is 2.92 bits per heavy atom. The van der Waals surface area contributed by atoms with E-state index in [1.165, 1.54) is 12.8 Å². The van der Waals surface area contributed by atoms with E-state index in [-0.39, 0.29) is 5.91 Å². The summed E-state index contributed by atoms with van der Waals surface area (Å²) in [7, 11) is 0. The molecule has 2 aromatic carbocycles. The molecule has 1 heterocycles. The number of hydrogen-bond acceptors (Lipinski definition) is 3. The second-order valence-electron chi connectivity index (χ2n) is 6.29. The Morgan fingerprint density at radius 2 is 2.12 bits per heavy atom. The molecule has 126 valence electrons. The first-order chi connectivity index (χ1) is 11.7. The maximum absolute atomic E-state index is 12.2. The van der Waals surface area contributed by atoms with Gasteiger partial charge in [0.1, 0.15) is 5.75 Å². The van der Waals surface area contributed by atoms with E-state index in [2.05, 4.69) is 10.6 Å². The third-order valence-electron chi connectivity index (χ3n) is 4.26. The van der Waals surface area contributed by atoms with Crippen molar-refractivity contribution < 1.29 is 9.53 Å². The first kappa shape index (κ1) is 16.5. The second-order valence-corrected chi connectivity index (χ2v) is 6.29. The van der Waals surface area contributed by atoms with Gasteiger partial charge in [0.25, 0.3) is 0 Å². The number of rotatable bonds is 6. The van der Waals surface area contributed by atoms with Gasteiger partial charge < -0.3 is 15.4 Å². The summed E-state index contributed by atoms with van der Waals surface area (Å²) >= 11 is 0. The van der Waals surface area contributed by atoms with Crippen molar-refractivity contribution in [3.8, 4) is 11.5 Å². The lowest BCUT2D eigenvalue weighted by Crippen LogP contribution is -2.23. The molecule has 4 nitrogen and oxygen atoms in total. The largest absolute Gasteiger partial charge is 0.455 e. The van der Waals surface area contributed by atoms with Gasteiger partial charge in [-0.1, -0.05) is 24.3 Å². The molecule has 1 aliphatic heterocycles. The van der Waals surface area contributed by atoms with Crippen molar-refractivity contribution in [3.05, 3.63) is 54.1 Å². The molecule has 1 unspecified atom stereocenters. The van der Waals surface area contributed by atoms with Crippen LogP contribution >= 0.6 is 0 Å². The van der Waals surface area contributed by atoms with Gasteiger partial charge >= 0.3 is 0 Å². The fourth-order valence-corrected chi connectivity index (χ4v) is 2.99. The number of carbonyl (C=O) groups excluding carboxylic acids is 1. The quantitative estimate of drug-likeness (QED) is 0.835. The summed E-state index contributed by atoms with van der Waals surface area (Å²) in [5.41, 5.74) is 1.85. The molecule has 0 spiro atoms. The monoisotopic (exact) mass is 324 g/mol. The van der Waals surface area contributed by atoms with E-state index in [1.807, 2.05) is 55.5 Å². The summed E-state index contributed by atoms with van der Waals surface area (Å²) in [6.45, 7) is 3.09. The Morgan fingerprint density at radius 1 is 1.25 bits per heavy atom. The molecule has 0 radical (unpaired) electrons. The van der Waals surface area contributed by atoms with Crippen molar-refractivity contribution >= 4 is 11.6 Å². The highest BCUT2D eigenvalue weighted by Crippen LogP contribution is 2.29. The maximum atomic E-state index is 12.2. The molecular formula is C20H24N2O2. The molecule has 2 aromatic rings. The van der Waals surface area contributed by atoms with Crippen LogP contribution in [-0.2, 0) is 4.79 Å². The summed E-state index contributed by atoms with van der Waals surface area (Å²) in [5.74, 6) is 1.46. The number of hydrogen-bond donors (Lipinski definition) is 2. The van der Waals surface area contributed by atoms with Crippen LogP contribution in [0.15, 0.2) is 48.5 Å². The van der Waals surface area contributed by atoms with Crippen LogP contribution in [0.25, 0.3) is 0 Å². The predicted molar refractivity (Wildman–Crippen MR) is 96.6 cm³/mol. The molecule has 4 heteroatoms. The van der Waals surface area contributed by atoms with Gasteiger partial charge in [0.05, 0.1) is 5.69 Å². The highest BCUT2D eigenvalue weighted by atomic mass is 16.5. The summed E-state index contributed by atoms with van der Waals surface area (Å²) in [5, 5.41) is 6.40. The number of benzene rings is 2. The van der Waals surface area contributed by atoms with Crippen LogP contribution in [0.3, 0.4) is 0 Å². The van der Waals surface area contributed by atoms with E-state index in [0.29, 0.717) is 23.9 Å². The molecular weight excluding hydrogens is 300 g/mol. The van der Waals surface area contributed by atoms with Gasteiger partial charge in [-0.25, -0.2) is 0 Å². The average Bonchev–Trinajstić information content (AvgIpc) is 3.08. The van der Waals surface area contributed by atoms with E-state index >= 15 is 0 Å². The molecule has 2 N–H and O–H groups in total. The molecule has 1 atom stereocenters. The fourth-order valence-electron chi connectivity index (χ4n) is 2.99. The molecule has 1 aliphatic rings. The molecule has 1 saturated heterocycles. The van der Waals surface area contributed by atoms with Crippen LogP contribution in [0.2, 0.25) is 0 Å². The summed E-state index contributed by atoms with van der Waals surface area (Å²) in [6, 6.07) is 15.9. The van der Waals surface area contributed by atoms with Crippen LogP contribution in [0.1, 0.15) is 31.2 Å². The highest BCUT2D eigenvalue weighted by Gasteiger charge is 2.16. The smallest absolute Gasteiger partial charge is 0.224 e. The second kappa shape index (κ2) is 7.97. The van der Waals surface area contributed by atoms with E-state index < -0.39 is 0 Å². The van der Waals surface area contributed by atoms with Crippen molar-refractivity contribution in [3.63, 3.8) is 0 Å². The van der Waals surface area contributed by atoms with E-state index in [1.54, 1.807) is 0 Å². The van der Waals surface area contributed by atoms with Crippen molar-refractivity contribution in [1.82, 2.24) is 5.32 Å².